The summed E-state index contributed by atoms with van der Waals surface area (Å²) < 4.78 is 10.6. The van der Waals surface area contributed by atoms with E-state index in [4.69, 9.17) is 9.15 Å². The fraction of sp³-hybridized carbons (Fsp3) is 0.300. The number of furan rings is 1. The Hall–Kier alpha value is -2.82. The Kier molecular flexibility index (Phi) is 4.14. The van der Waals surface area contributed by atoms with Crippen LogP contribution in [0.15, 0.2) is 53.1 Å². The van der Waals surface area contributed by atoms with Gasteiger partial charge in [0.2, 0.25) is 5.76 Å². The number of para-hydroxylation sites is 1. The van der Waals surface area contributed by atoms with Crippen molar-refractivity contribution >= 4 is 22.6 Å². The number of esters is 1. The number of carbonyl (C=O) groups is 1. The second kappa shape index (κ2) is 6.59. The van der Waals surface area contributed by atoms with E-state index in [1.807, 2.05) is 25.1 Å². The number of rotatable bonds is 4. The number of carbonyl (C=O) groups excluding carboxylic acids is 1. The zero-order valence-corrected chi connectivity index (χ0v) is 14.1. The van der Waals surface area contributed by atoms with E-state index >= 15 is 0 Å². The Morgan fingerprint density at radius 3 is 3.04 bits per heavy atom. The molecule has 4 rings (SSSR count). The van der Waals surface area contributed by atoms with Gasteiger partial charge < -0.3 is 14.1 Å². The van der Waals surface area contributed by atoms with Crippen LogP contribution in [-0.4, -0.2) is 30.1 Å². The molecule has 0 spiro atoms. The van der Waals surface area contributed by atoms with Gasteiger partial charge in [0, 0.05) is 23.3 Å². The molecule has 1 aromatic carbocycles. The summed E-state index contributed by atoms with van der Waals surface area (Å²) in [5.41, 5.74) is 3.15. The second-order valence-corrected chi connectivity index (χ2v) is 6.37. The predicted octanol–water partition coefficient (Wildman–Crippen LogP) is 3.96. The minimum Gasteiger partial charge on any atom is -0.458 e. The molecule has 0 N–H and O–H groups in total. The number of hydrogen-bond acceptors (Lipinski definition) is 5. The second-order valence-electron chi connectivity index (χ2n) is 6.37. The van der Waals surface area contributed by atoms with E-state index in [1.165, 1.54) is 12.0 Å². The van der Waals surface area contributed by atoms with Crippen LogP contribution < -0.4 is 4.90 Å². The summed E-state index contributed by atoms with van der Waals surface area (Å²) in [5.74, 6) is -0.164. The van der Waals surface area contributed by atoms with Gasteiger partial charge in [0.25, 0.3) is 0 Å². The SMILES string of the molecule is Cc1cc(N2CCCC2COC(=O)c2ccco2)c2ccccc2n1. The third-order valence-corrected chi connectivity index (χ3v) is 4.64. The number of aromatic nitrogens is 1. The van der Waals surface area contributed by atoms with Crippen LogP contribution in [-0.2, 0) is 4.74 Å². The highest BCUT2D eigenvalue weighted by atomic mass is 16.5. The first-order valence-corrected chi connectivity index (χ1v) is 8.56. The van der Waals surface area contributed by atoms with Crippen LogP contribution in [0.3, 0.4) is 0 Å². The molecule has 1 atom stereocenters. The van der Waals surface area contributed by atoms with Crippen LogP contribution in [0.2, 0.25) is 0 Å². The maximum Gasteiger partial charge on any atom is 0.374 e. The molecule has 1 fully saturated rings. The zero-order valence-electron chi connectivity index (χ0n) is 14.1. The van der Waals surface area contributed by atoms with E-state index in [-0.39, 0.29) is 11.8 Å². The predicted molar refractivity (Wildman–Crippen MR) is 95.8 cm³/mol. The Morgan fingerprint density at radius 1 is 1.32 bits per heavy atom. The lowest BCUT2D eigenvalue weighted by Gasteiger charge is -2.28. The van der Waals surface area contributed by atoms with Crippen molar-refractivity contribution < 1.29 is 13.9 Å². The molecule has 5 nitrogen and oxygen atoms in total. The molecule has 3 heterocycles. The maximum atomic E-state index is 12.0. The average molecular weight is 336 g/mol. The standard InChI is InChI=1S/C20H20N2O3/c1-14-12-18(16-7-2-3-8-17(16)21-14)22-10-4-6-15(22)13-25-20(23)19-9-5-11-24-19/h2-3,5,7-9,11-12,15H,4,6,10,13H2,1H3. The third kappa shape index (κ3) is 3.09. The molecule has 5 heteroatoms. The summed E-state index contributed by atoms with van der Waals surface area (Å²) in [6.07, 6.45) is 3.56. The van der Waals surface area contributed by atoms with Crippen LogP contribution in [0, 0.1) is 6.92 Å². The van der Waals surface area contributed by atoms with Crippen molar-refractivity contribution in [3.8, 4) is 0 Å². The Labute approximate surface area is 146 Å². The smallest absolute Gasteiger partial charge is 0.374 e. The van der Waals surface area contributed by atoms with E-state index < -0.39 is 5.97 Å². The number of pyridine rings is 1. The average Bonchev–Trinajstić information content (AvgIpc) is 3.30. The van der Waals surface area contributed by atoms with E-state index in [0.717, 1.165) is 36.0 Å². The molecule has 0 radical (unpaired) electrons. The lowest BCUT2D eigenvalue weighted by atomic mass is 10.1. The van der Waals surface area contributed by atoms with Gasteiger partial charge in [0.1, 0.15) is 6.61 Å². The first-order valence-electron chi connectivity index (χ1n) is 8.56. The van der Waals surface area contributed by atoms with Gasteiger partial charge in [-0.3, -0.25) is 4.98 Å². The molecule has 128 valence electrons. The first kappa shape index (κ1) is 15.7. The molecule has 1 saturated heterocycles. The number of fused-ring (bicyclic) bond motifs is 1. The minimum absolute atomic E-state index is 0.170. The molecule has 0 bridgehead atoms. The summed E-state index contributed by atoms with van der Waals surface area (Å²) in [4.78, 5) is 19.0. The molecule has 0 amide bonds. The van der Waals surface area contributed by atoms with Crippen molar-refractivity contribution in [1.82, 2.24) is 4.98 Å². The summed E-state index contributed by atoms with van der Waals surface area (Å²) in [5, 5.41) is 1.14. The molecule has 0 aliphatic carbocycles. The molecule has 1 aliphatic heterocycles. The van der Waals surface area contributed by atoms with Crippen molar-refractivity contribution in [1.29, 1.82) is 0 Å². The molecule has 2 aromatic heterocycles. The van der Waals surface area contributed by atoms with Crippen molar-refractivity contribution in [3.63, 3.8) is 0 Å². The maximum absolute atomic E-state index is 12.0. The molecule has 1 aliphatic rings. The van der Waals surface area contributed by atoms with E-state index in [9.17, 15) is 4.79 Å². The Balaban J connectivity index is 1.57. The minimum atomic E-state index is -0.410. The van der Waals surface area contributed by atoms with Crippen LogP contribution in [0.4, 0.5) is 5.69 Å². The van der Waals surface area contributed by atoms with Gasteiger partial charge in [-0.25, -0.2) is 4.79 Å². The van der Waals surface area contributed by atoms with Gasteiger partial charge >= 0.3 is 5.97 Å². The molecule has 3 aromatic rings. The van der Waals surface area contributed by atoms with Crippen molar-refractivity contribution in [2.45, 2.75) is 25.8 Å². The van der Waals surface area contributed by atoms with Gasteiger partial charge in [0.15, 0.2) is 0 Å². The van der Waals surface area contributed by atoms with Crippen molar-refractivity contribution in [2.75, 3.05) is 18.1 Å². The van der Waals surface area contributed by atoms with E-state index in [1.54, 1.807) is 12.1 Å². The van der Waals surface area contributed by atoms with E-state index in [0.29, 0.717) is 6.61 Å². The number of anilines is 1. The van der Waals surface area contributed by atoms with Crippen molar-refractivity contribution in [3.05, 3.63) is 60.2 Å². The zero-order chi connectivity index (χ0) is 17.2. The monoisotopic (exact) mass is 336 g/mol. The summed E-state index contributed by atoms with van der Waals surface area (Å²) >= 11 is 0. The number of nitrogens with zero attached hydrogens (tertiary/aromatic N) is 2. The van der Waals surface area contributed by atoms with Crippen LogP contribution in [0.1, 0.15) is 29.1 Å². The molecule has 25 heavy (non-hydrogen) atoms. The fourth-order valence-corrected chi connectivity index (χ4v) is 3.49. The van der Waals surface area contributed by atoms with Gasteiger partial charge in [-0.15, -0.1) is 0 Å². The summed E-state index contributed by atoms with van der Waals surface area (Å²) in [7, 11) is 0. The van der Waals surface area contributed by atoms with Gasteiger partial charge in [-0.2, -0.15) is 0 Å². The largest absolute Gasteiger partial charge is 0.458 e. The Bertz CT molecular complexity index is 889. The highest BCUT2D eigenvalue weighted by Gasteiger charge is 2.28. The number of benzene rings is 1. The van der Waals surface area contributed by atoms with Crippen LogP contribution in [0.25, 0.3) is 10.9 Å². The van der Waals surface area contributed by atoms with E-state index in [2.05, 4.69) is 22.0 Å². The number of hydrogen-bond donors (Lipinski definition) is 0. The molecule has 0 saturated carbocycles. The normalized spacial score (nSPS) is 17.2. The number of ether oxygens (including phenoxy) is 1. The highest BCUT2D eigenvalue weighted by Crippen LogP contribution is 2.32. The lowest BCUT2D eigenvalue weighted by Crippen LogP contribution is -2.34. The topological polar surface area (TPSA) is 55.6 Å². The van der Waals surface area contributed by atoms with Gasteiger partial charge in [-0.05, 0) is 44.0 Å². The fourth-order valence-electron chi connectivity index (χ4n) is 3.49. The quantitative estimate of drug-likeness (QED) is 0.675. The van der Waals surface area contributed by atoms with Gasteiger partial charge in [0.05, 0.1) is 17.8 Å². The summed E-state index contributed by atoms with van der Waals surface area (Å²) in [6, 6.07) is 13.8. The first-order chi connectivity index (χ1) is 12.2. The summed E-state index contributed by atoms with van der Waals surface area (Å²) in [6.45, 7) is 3.32. The van der Waals surface area contributed by atoms with Gasteiger partial charge in [-0.1, -0.05) is 18.2 Å². The van der Waals surface area contributed by atoms with Crippen LogP contribution >= 0.6 is 0 Å². The molecule has 1 unspecified atom stereocenters. The molecular formula is C20H20N2O3. The Morgan fingerprint density at radius 2 is 2.20 bits per heavy atom. The number of aryl methyl sites for hydroxylation is 1. The van der Waals surface area contributed by atoms with Crippen molar-refractivity contribution in [2.24, 2.45) is 0 Å². The molecular weight excluding hydrogens is 316 g/mol. The third-order valence-electron chi connectivity index (χ3n) is 4.64. The van der Waals surface area contributed by atoms with Crippen LogP contribution in [0.5, 0.6) is 0 Å². The lowest BCUT2D eigenvalue weighted by molar-refractivity contribution is 0.0447. The highest BCUT2D eigenvalue weighted by molar-refractivity contribution is 5.92.